The second-order valence-electron chi connectivity index (χ2n) is 4.73. The fourth-order valence-corrected chi connectivity index (χ4v) is 1.73. The summed E-state index contributed by atoms with van der Waals surface area (Å²) >= 11 is 0. The highest BCUT2D eigenvalue weighted by atomic mass is 13.9. The molecule has 0 spiro atoms. The van der Waals surface area contributed by atoms with Crippen molar-refractivity contribution in [1.29, 1.82) is 0 Å². The van der Waals surface area contributed by atoms with E-state index in [-0.39, 0.29) is 0 Å². The van der Waals surface area contributed by atoms with Crippen LogP contribution in [-0.2, 0) is 0 Å². The molecule has 0 aromatic rings. The Bertz CT molecular complexity index is 196. The Labute approximate surface area is 115 Å². The first-order chi connectivity index (χ1) is 8.91. The summed E-state index contributed by atoms with van der Waals surface area (Å²) in [6.45, 7) is 6.09. The maximum Gasteiger partial charge on any atom is -0.0169 e. The van der Waals surface area contributed by atoms with Gasteiger partial charge in [0.05, 0.1) is 0 Å². The van der Waals surface area contributed by atoms with Crippen LogP contribution in [0.5, 0.6) is 0 Å². The average molecular weight is 247 g/mol. The SMILES string of the molecule is [CH2]CCCC/C=C\CC=CCC=CCCCCC. The molecule has 0 aliphatic heterocycles. The number of allylic oxidation sites excluding steroid dienone is 6. The molecule has 0 aliphatic carbocycles. The lowest BCUT2D eigenvalue weighted by Gasteiger charge is -1.91. The third-order valence-electron chi connectivity index (χ3n) is 2.89. The molecule has 1 radical (unpaired) electrons. The van der Waals surface area contributed by atoms with Gasteiger partial charge in [-0.1, -0.05) is 76.0 Å². The van der Waals surface area contributed by atoms with E-state index >= 15 is 0 Å². The molecule has 0 fully saturated rings. The summed E-state index contributed by atoms with van der Waals surface area (Å²) in [5, 5.41) is 0. The van der Waals surface area contributed by atoms with E-state index in [1.54, 1.807) is 0 Å². The fraction of sp³-hybridized carbons (Fsp3) is 0.611. The maximum atomic E-state index is 3.84. The van der Waals surface area contributed by atoms with Crippen LogP contribution in [0.25, 0.3) is 0 Å². The van der Waals surface area contributed by atoms with Gasteiger partial charge in [-0.2, -0.15) is 0 Å². The summed E-state index contributed by atoms with van der Waals surface area (Å²) in [6.07, 6.45) is 25.9. The largest absolute Gasteiger partial charge is 0.0882 e. The van der Waals surface area contributed by atoms with E-state index in [1.165, 1.54) is 44.9 Å². The second kappa shape index (κ2) is 16.2. The minimum absolute atomic E-state index is 1.07. The molecule has 0 saturated heterocycles. The van der Waals surface area contributed by atoms with Crippen molar-refractivity contribution < 1.29 is 0 Å². The molecule has 0 nitrogen and oxygen atoms in total. The third-order valence-corrected chi connectivity index (χ3v) is 2.89. The van der Waals surface area contributed by atoms with Crippen molar-refractivity contribution in [3.8, 4) is 0 Å². The van der Waals surface area contributed by atoms with E-state index in [1.807, 2.05) is 0 Å². The number of unbranched alkanes of at least 4 members (excludes halogenated alkanes) is 6. The van der Waals surface area contributed by atoms with Crippen LogP contribution in [0.3, 0.4) is 0 Å². The molecule has 0 N–H and O–H groups in total. The van der Waals surface area contributed by atoms with Crippen LogP contribution in [0.15, 0.2) is 36.5 Å². The molecule has 0 aromatic heterocycles. The van der Waals surface area contributed by atoms with Gasteiger partial charge in [-0.05, 0) is 38.5 Å². The minimum atomic E-state index is 1.07. The van der Waals surface area contributed by atoms with Crippen molar-refractivity contribution in [3.05, 3.63) is 43.4 Å². The summed E-state index contributed by atoms with van der Waals surface area (Å²) in [5.74, 6) is 0. The Morgan fingerprint density at radius 1 is 0.667 bits per heavy atom. The zero-order chi connectivity index (χ0) is 13.3. The molecule has 0 aromatic carbocycles. The molecule has 0 heteroatoms. The quantitative estimate of drug-likeness (QED) is 0.276. The molecule has 0 unspecified atom stereocenters. The molecule has 0 aliphatic rings. The molecule has 18 heavy (non-hydrogen) atoms. The molecule has 0 amide bonds. The lowest BCUT2D eigenvalue weighted by atomic mass is 10.2. The highest BCUT2D eigenvalue weighted by molar-refractivity contribution is 4.97. The minimum Gasteiger partial charge on any atom is -0.0882 e. The molecule has 0 bridgehead atoms. The van der Waals surface area contributed by atoms with Gasteiger partial charge < -0.3 is 0 Å². The van der Waals surface area contributed by atoms with Gasteiger partial charge in [0.25, 0.3) is 0 Å². The molecule has 0 rings (SSSR count). The zero-order valence-electron chi connectivity index (χ0n) is 12.2. The van der Waals surface area contributed by atoms with Crippen molar-refractivity contribution in [2.75, 3.05) is 0 Å². The van der Waals surface area contributed by atoms with Crippen molar-refractivity contribution in [3.63, 3.8) is 0 Å². The van der Waals surface area contributed by atoms with Crippen LogP contribution in [0.2, 0.25) is 0 Å². The molecule has 103 valence electrons. The Hall–Kier alpha value is -0.780. The highest BCUT2D eigenvalue weighted by Gasteiger charge is 1.81. The zero-order valence-corrected chi connectivity index (χ0v) is 12.2. The van der Waals surface area contributed by atoms with Crippen LogP contribution in [0, 0.1) is 6.92 Å². The van der Waals surface area contributed by atoms with Crippen molar-refractivity contribution in [1.82, 2.24) is 0 Å². The highest BCUT2D eigenvalue weighted by Crippen LogP contribution is 2.02. The molecular weight excluding hydrogens is 216 g/mol. The van der Waals surface area contributed by atoms with E-state index < -0.39 is 0 Å². The van der Waals surface area contributed by atoms with Gasteiger partial charge in [0.15, 0.2) is 0 Å². The van der Waals surface area contributed by atoms with Gasteiger partial charge in [-0.3, -0.25) is 0 Å². The Morgan fingerprint density at radius 2 is 1.17 bits per heavy atom. The van der Waals surface area contributed by atoms with Crippen molar-refractivity contribution in [2.24, 2.45) is 0 Å². The van der Waals surface area contributed by atoms with Gasteiger partial charge in [-0.15, -0.1) is 0 Å². The van der Waals surface area contributed by atoms with Gasteiger partial charge >= 0.3 is 0 Å². The number of hydrogen-bond acceptors (Lipinski definition) is 0. The first-order valence-corrected chi connectivity index (χ1v) is 7.66. The summed E-state index contributed by atoms with van der Waals surface area (Å²) in [7, 11) is 0. The van der Waals surface area contributed by atoms with Gasteiger partial charge in [0, 0.05) is 0 Å². The smallest absolute Gasteiger partial charge is 0.0169 e. The lowest BCUT2D eigenvalue weighted by molar-refractivity contribution is 0.728. The standard InChI is InChI=1S/C18H31/c1-3-5-7-9-11-13-15-17-18-16-14-12-10-8-6-4-2/h11-14,17-18H,1,3-10,15-16H2,2H3/b13-11-,14-12?,18-17?. The normalized spacial score (nSPS) is 12.3. The Balaban J connectivity index is 3.27. The van der Waals surface area contributed by atoms with Gasteiger partial charge in [-0.25, -0.2) is 0 Å². The monoisotopic (exact) mass is 247 g/mol. The maximum absolute atomic E-state index is 3.84. The topological polar surface area (TPSA) is 0 Å². The summed E-state index contributed by atoms with van der Waals surface area (Å²) < 4.78 is 0. The number of hydrogen-bond donors (Lipinski definition) is 0. The van der Waals surface area contributed by atoms with Crippen LogP contribution in [0.1, 0.15) is 71.1 Å². The molecular formula is C18H31. The van der Waals surface area contributed by atoms with Crippen molar-refractivity contribution >= 4 is 0 Å². The first kappa shape index (κ1) is 17.2. The van der Waals surface area contributed by atoms with E-state index in [2.05, 4.69) is 50.3 Å². The molecule has 0 atom stereocenters. The second-order valence-corrected chi connectivity index (χ2v) is 4.73. The summed E-state index contributed by atoms with van der Waals surface area (Å²) in [6, 6.07) is 0. The summed E-state index contributed by atoms with van der Waals surface area (Å²) in [4.78, 5) is 0. The summed E-state index contributed by atoms with van der Waals surface area (Å²) in [5.41, 5.74) is 0. The molecule has 0 heterocycles. The van der Waals surface area contributed by atoms with E-state index in [0.29, 0.717) is 0 Å². The Morgan fingerprint density at radius 3 is 1.67 bits per heavy atom. The van der Waals surface area contributed by atoms with Crippen molar-refractivity contribution in [2.45, 2.75) is 71.1 Å². The van der Waals surface area contributed by atoms with Crippen LogP contribution >= 0.6 is 0 Å². The lowest BCUT2D eigenvalue weighted by Crippen LogP contribution is -1.71. The van der Waals surface area contributed by atoms with Gasteiger partial charge in [0.2, 0.25) is 0 Å². The first-order valence-electron chi connectivity index (χ1n) is 7.66. The van der Waals surface area contributed by atoms with E-state index in [4.69, 9.17) is 0 Å². The van der Waals surface area contributed by atoms with E-state index in [0.717, 1.165) is 19.3 Å². The predicted molar refractivity (Wildman–Crippen MR) is 84.6 cm³/mol. The van der Waals surface area contributed by atoms with Crippen LogP contribution < -0.4 is 0 Å². The van der Waals surface area contributed by atoms with E-state index in [9.17, 15) is 0 Å². The molecule has 0 saturated carbocycles. The fourth-order valence-electron chi connectivity index (χ4n) is 1.73. The van der Waals surface area contributed by atoms with Crippen LogP contribution in [-0.4, -0.2) is 0 Å². The number of rotatable bonds is 12. The predicted octanol–water partition coefficient (Wildman–Crippen LogP) is 6.41. The average Bonchev–Trinajstić information content (AvgIpc) is 2.39. The van der Waals surface area contributed by atoms with Crippen LogP contribution in [0.4, 0.5) is 0 Å². The Kier molecular flexibility index (Phi) is 15.5. The third kappa shape index (κ3) is 15.2. The van der Waals surface area contributed by atoms with Gasteiger partial charge in [0.1, 0.15) is 0 Å².